The van der Waals surface area contributed by atoms with Crippen molar-refractivity contribution in [3.05, 3.63) is 38.8 Å². The summed E-state index contributed by atoms with van der Waals surface area (Å²) in [6.45, 7) is 0. The van der Waals surface area contributed by atoms with Crippen LogP contribution in [-0.4, -0.2) is 5.91 Å². The number of halogens is 2. The molecule has 0 saturated carbocycles. The average molecular weight is 286 g/mol. The van der Waals surface area contributed by atoms with E-state index < -0.39 is 5.91 Å². The smallest absolute Gasteiger partial charge is 0.259 e. The van der Waals surface area contributed by atoms with Gasteiger partial charge in [-0.2, -0.15) is 5.26 Å². The van der Waals surface area contributed by atoms with Crippen molar-refractivity contribution < 1.29 is 4.79 Å². The highest BCUT2D eigenvalue weighted by Gasteiger charge is 2.06. The van der Waals surface area contributed by atoms with Crippen LogP contribution in [0.2, 0.25) is 5.02 Å². The fourth-order valence-electron chi connectivity index (χ4n) is 0.946. The summed E-state index contributed by atoms with van der Waals surface area (Å²) in [6.07, 6.45) is 1.39. The van der Waals surface area contributed by atoms with Crippen molar-refractivity contribution in [1.82, 2.24) is 0 Å². The van der Waals surface area contributed by atoms with Gasteiger partial charge >= 0.3 is 0 Å². The number of hydrogen-bond donors (Lipinski definition) is 1. The van der Waals surface area contributed by atoms with Crippen LogP contribution < -0.4 is 5.73 Å². The van der Waals surface area contributed by atoms with E-state index in [1.807, 2.05) is 0 Å². The first-order valence-corrected chi connectivity index (χ1v) is 5.09. The quantitative estimate of drug-likeness (QED) is 0.670. The first-order chi connectivity index (χ1) is 7.06. The van der Waals surface area contributed by atoms with E-state index >= 15 is 0 Å². The van der Waals surface area contributed by atoms with E-state index in [2.05, 4.69) is 15.9 Å². The third-order valence-electron chi connectivity index (χ3n) is 1.67. The molecule has 5 heteroatoms. The fraction of sp³-hybridized carbons (Fsp3) is 0. The lowest BCUT2D eigenvalue weighted by atomic mass is 10.1. The number of nitriles is 1. The molecular weight excluding hydrogens is 279 g/mol. The molecule has 0 aliphatic heterocycles. The molecule has 0 saturated heterocycles. The first kappa shape index (κ1) is 11.8. The van der Waals surface area contributed by atoms with E-state index in [-0.39, 0.29) is 5.57 Å². The molecule has 0 heterocycles. The summed E-state index contributed by atoms with van der Waals surface area (Å²) in [4.78, 5) is 10.8. The molecule has 1 aromatic carbocycles. The number of primary amides is 1. The number of benzene rings is 1. The summed E-state index contributed by atoms with van der Waals surface area (Å²) >= 11 is 9.09. The van der Waals surface area contributed by atoms with Crippen LogP contribution in [-0.2, 0) is 4.79 Å². The molecule has 3 nitrogen and oxygen atoms in total. The maximum Gasteiger partial charge on any atom is 0.259 e. The van der Waals surface area contributed by atoms with Gasteiger partial charge in [-0.3, -0.25) is 4.79 Å². The molecule has 0 aromatic heterocycles. The summed E-state index contributed by atoms with van der Waals surface area (Å²) in [7, 11) is 0. The van der Waals surface area contributed by atoms with Crippen molar-refractivity contribution in [2.75, 3.05) is 0 Å². The Morgan fingerprint density at radius 2 is 2.27 bits per heavy atom. The number of nitrogens with zero attached hydrogens (tertiary/aromatic N) is 1. The molecule has 1 amide bonds. The molecule has 0 atom stereocenters. The van der Waals surface area contributed by atoms with Crippen molar-refractivity contribution in [2.24, 2.45) is 5.73 Å². The lowest BCUT2D eigenvalue weighted by Gasteiger charge is -2.00. The van der Waals surface area contributed by atoms with Gasteiger partial charge in [0.1, 0.15) is 11.6 Å². The zero-order valence-corrected chi connectivity index (χ0v) is 9.84. The molecule has 0 bridgehead atoms. The molecule has 0 fully saturated rings. The topological polar surface area (TPSA) is 66.9 Å². The van der Waals surface area contributed by atoms with Gasteiger partial charge in [-0.05, 0) is 33.6 Å². The Hall–Kier alpha value is -1.31. The predicted molar refractivity (Wildman–Crippen MR) is 61.9 cm³/mol. The highest BCUT2D eigenvalue weighted by molar-refractivity contribution is 9.10. The maximum absolute atomic E-state index is 10.8. The Balaban J connectivity index is 3.25. The van der Waals surface area contributed by atoms with Gasteiger partial charge in [0, 0.05) is 4.47 Å². The SMILES string of the molecule is N#C/C(=C\c1cccc(Cl)c1Br)C(N)=O. The minimum absolute atomic E-state index is 0.113. The lowest BCUT2D eigenvalue weighted by Crippen LogP contribution is -2.12. The van der Waals surface area contributed by atoms with Gasteiger partial charge in [-0.15, -0.1) is 0 Å². The maximum atomic E-state index is 10.8. The number of rotatable bonds is 2. The van der Waals surface area contributed by atoms with Crippen LogP contribution in [0, 0.1) is 11.3 Å². The molecule has 0 spiro atoms. The zero-order valence-electron chi connectivity index (χ0n) is 7.50. The van der Waals surface area contributed by atoms with E-state index in [0.29, 0.717) is 15.1 Å². The Bertz CT molecular complexity index is 477. The molecule has 0 unspecified atom stereocenters. The summed E-state index contributed by atoms with van der Waals surface area (Å²) in [5.74, 6) is -0.760. The Morgan fingerprint density at radius 3 is 2.80 bits per heavy atom. The average Bonchev–Trinajstić information content (AvgIpc) is 2.19. The number of amides is 1. The fourth-order valence-corrected chi connectivity index (χ4v) is 1.51. The van der Waals surface area contributed by atoms with Gasteiger partial charge in [0.15, 0.2) is 0 Å². The van der Waals surface area contributed by atoms with Crippen LogP contribution in [0.1, 0.15) is 5.56 Å². The minimum Gasteiger partial charge on any atom is -0.365 e. The monoisotopic (exact) mass is 284 g/mol. The summed E-state index contributed by atoms with van der Waals surface area (Å²) in [5, 5.41) is 9.16. The second kappa shape index (κ2) is 4.96. The van der Waals surface area contributed by atoms with Crippen LogP contribution >= 0.6 is 27.5 Å². The Morgan fingerprint density at radius 1 is 1.60 bits per heavy atom. The highest BCUT2D eigenvalue weighted by Crippen LogP contribution is 2.27. The van der Waals surface area contributed by atoms with Crippen molar-refractivity contribution in [3.63, 3.8) is 0 Å². The molecular formula is C10H6BrClN2O. The Labute approximate surface area is 100 Å². The van der Waals surface area contributed by atoms with E-state index in [0.717, 1.165) is 0 Å². The first-order valence-electron chi connectivity index (χ1n) is 3.92. The number of nitrogens with two attached hydrogens (primary N) is 1. The van der Waals surface area contributed by atoms with E-state index in [4.69, 9.17) is 22.6 Å². The van der Waals surface area contributed by atoms with Crippen LogP contribution in [0.15, 0.2) is 28.2 Å². The normalized spacial score (nSPS) is 10.9. The van der Waals surface area contributed by atoms with Crippen molar-refractivity contribution in [1.29, 1.82) is 5.26 Å². The van der Waals surface area contributed by atoms with Crippen LogP contribution in [0.5, 0.6) is 0 Å². The van der Waals surface area contributed by atoms with Crippen LogP contribution in [0.25, 0.3) is 6.08 Å². The van der Waals surface area contributed by atoms with E-state index in [9.17, 15) is 4.79 Å². The Kier molecular flexibility index (Phi) is 3.89. The van der Waals surface area contributed by atoms with Gasteiger partial charge in [-0.25, -0.2) is 0 Å². The number of carbonyl (C=O) groups excluding carboxylic acids is 1. The van der Waals surface area contributed by atoms with Crippen molar-refractivity contribution >= 4 is 39.5 Å². The second-order valence-electron chi connectivity index (χ2n) is 2.68. The highest BCUT2D eigenvalue weighted by atomic mass is 79.9. The lowest BCUT2D eigenvalue weighted by molar-refractivity contribution is -0.114. The molecule has 0 aliphatic rings. The van der Waals surface area contributed by atoms with E-state index in [1.54, 1.807) is 24.3 Å². The van der Waals surface area contributed by atoms with Gasteiger partial charge in [0.05, 0.1) is 5.02 Å². The minimum atomic E-state index is -0.760. The van der Waals surface area contributed by atoms with Crippen molar-refractivity contribution in [2.45, 2.75) is 0 Å². The van der Waals surface area contributed by atoms with Gasteiger partial charge < -0.3 is 5.73 Å². The third-order valence-corrected chi connectivity index (χ3v) is 3.10. The van der Waals surface area contributed by atoms with Crippen LogP contribution in [0.3, 0.4) is 0 Å². The summed E-state index contributed by atoms with van der Waals surface area (Å²) in [6, 6.07) is 6.85. The van der Waals surface area contributed by atoms with Gasteiger partial charge in [0.2, 0.25) is 0 Å². The standard InChI is InChI=1S/C10H6BrClN2O/c11-9-6(2-1-3-8(9)12)4-7(5-13)10(14)15/h1-4H,(H2,14,15)/b7-4+. The number of carbonyl (C=O) groups is 1. The molecule has 76 valence electrons. The van der Waals surface area contributed by atoms with Crippen molar-refractivity contribution in [3.8, 4) is 6.07 Å². The van der Waals surface area contributed by atoms with Gasteiger partial charge in [0.25, 0.3) is 5.91 Å². The van der Waals surface area contributed by atoms with Crippen LogP contribution in [0.4, 0.5) is 0 Å². The third kappa shape index (κ3) is 2.82. The molecule has 2 N–H and O–H groups in total. The molecule has 15 heavy (non-hydrogen) atoms. The summed E-state index contributed by atoms with van der Waals surface area (Å²) in [5.41, 5.74) is 5.53. The molecule has 1 aromatic rings. The molecule has 1 rings (SSSR count). The second-order valence-corrected chi connectivity index (χ2v) is 3.88. The zero-order chi connectivity index (χ0) is 11.4. The van der Waals surface area contributed by atoms with Gasteiger partial charge in [-0.1, -0.05) is 23.7 Å². The van der Waals surface area contributed by atoms with E-state index in [1.165, 1.54) is 6.08 Å². The molecule has 0 radical (unpaired) electrons. The predicted octanol–water partition coefficient (Wildman–Crippen LogP) is 2.49. The number of hydrogen-bond acceptors (Lipinski definition) is 2. The summed E-state index contributed by atoms with van der Waals surface area (Å²) < 4.78 is 0.626. The largest absolute Gasteiger partial charge is 0.365 e. The molecule has 0 aliphatic carbocycles.